The van der Waals surface area contributed by atoms with E-state index in [9.17, 15) is 4.79 Å². The standard InChI is InChI=1S/C17H15ClN2OS/c1-10(21)11-4-6-12(7-5-11)17-19-13-8-9-14(20(2)3)15(18)16(13)22-17/h4-9H,1-3H3. The summed E-state index contributed by atoms with van der Waals surface area (Å²) in [6.45, 7) is 1.56. The van der Waals surface area contributed by atoms with E-state index in [1.165, 1.54) is 0 Å². The Kier molecular flexibility index (Phi) is 3.89. The van der Waals surface area contributed by atoms with Gasteiger partial charge in [-0.1, -0.05) is 35.9 Å². The van der Waals surface area contributed by atoms with Gasteiger partial charge in [-0.25, -0.2) is 4.98 Å². The molecule has 0 saturated heterocycles. The highest BCUT2D eigenvalue weighted by Gasteiger charge is 2.13. The van der Waals surface area contributed by atoms with Crippen molar-refractivity contribution in [2.24, 2.45) is 0 Å². The highest BCUT2D eigenvalue weighted by molar-refractivity contribution is 7.22. The second kappa shape index (κ2) is 5.71. The zero-order valence-electron chi connectivity index (χ0n) is 12.6. The molecule has 0 amide bonds. The lowest BCUT2D eigenvalue weighted by molar-refractivity contribution is 0.101. The van der Waals surface area contributed by atoms with E-state index in [0.717, 1.165) is 31.5 Å². The molecule has 0 aliphatic heterocycles. The summed E-state index contributed by atoms with van der Waals surface area (Å²) >= 11 is 8.06. The van der Waals surface area contributed by atoms with Crippen molar-refractivity contribution in [2.45, 2.75) is 6.92 Å². The van der Waals surface area contributed by atoms with Crippen LogP contribution < -0.4 is 4.90 Å². The van der Waals surface area contributed by atoms with E-state index in [-0.39, 0.29) is 5.78 Å². The van der Waals surface area contributed by atoms with Gasteiger partial charge in [-0.3, -0.25) is 4.79 Å². The molecule has 1 heterocycles. The van der Waals surface area contributed by atoms with E-state index in [4.69, 9.17) is 11.6 Å². The average molecular weight is 331 g/mol. The van der Waals surface area contributed by atoms with E-state index >= 15 is 0 Å². The smallest absolute Gasteiger partial charge is 0.159 e. The van der Waals surface area contributed by atoms with Gasteiger partial charge in [-0.05, 0) is 19.1 Å². The van der Waals surface area contributed by atoms with Crippen LogP contribution in [-0.2, 0) is 0 Å². The predicted molar refractivity (Wildman–Crippen MR) is 94.4 cm³/mol. The molecule has 0 fully saturated rings. The van der Waals surface area contributed by atoms with Crippen LogP contribution in [0.5, 0.6) is 0 Å². The maximum absolute atomic E-state index is 11.3. The van der Waals surface area contributed by atoms with E-state index in [1.807, 2.05) is 55.4 Å². The first-order chi connectivity index (χ1) is 10.5. The molecule has 3 aromatic rings. The van der Waals surface area contributed by atoms with Crippen LogP contribution in [0.3, 0.4) is 0 Å². The first-order valence-corrected chi connectivity index (χ1v) is 8.04. The van der Waals surface area contributed by atoms with Crippen LogP contribution in [0, 0.1) is 0 Å². The fraction of sp³-hybridized carbons (Fsp3) is 0.176. The van der Waals surface area contributed by atoms with Gasteiger partial charge in [0, 0.05) is 25.2 Å². The summed E-state index contributed by atoms with van der Waals surface area (Å²) < 4.78 is 0.985. The largest absolute Gasteiger partial charge is 0.376 e. The van der Waals surface area contributed by atoms with Crippen molar-refractivity contribution in [3.8, 4) is 10.6 Å². The molecule has 0 spiro atoms. The Morgan fingerprint density at radius 1 is 1.14 bits per heavy atom. The second-order valence-corrected chi connectivity index (χ2v) is 6.67. The molecular weight excluding hydrogens is 316 g/mol. The zero-order chi connectivity index (χ0) is 15.9. The number of carbonyl (C=O) groups is 1. The van der Waals surface area contributed by atoms with Crippen LogP contribution >= 0.6 is 22.9 Å². The number of halogens is 1. The summed E-state index contributed by atoms with van der Waals surface area (Å²) in [4.78, 5) is 18.0. The van der Waals surface area contributed by atoms with Gasteiger partial charge >= 0.3 is 0 Å². The third kappa shape index (κ3) is 2.60. The number of rotatable bonds is 3. The summed E-state index contributed by atoms with van der Waals surface area (Å²) in [5, 5.41) is 1.63. The fourth-order valence-electron chi connectivity index (χ4n) is 2.27. The topological polar surface area (TPSA) is 33.2 Å². The number of ketones is 1. The molecule has 0 N–H and O–H groups in total. The number of hydrogen-bond acceptors (Lipinski definition) is 4. The normalized spacial score (nSPS) is 10.9. The van der Waals surface area contributed by atoms with Crippen molar-refractivity contribution in [2.75, 3.05) is 19.0 Å². The quantitative estimate of drug-likeness (QED) is 0.641. The summed E-state index contributed by atoms with van der Waals surface area (Å²) in [6, 6.07) is 11.5. The number of nitrogens with zero attached hydrogens (tertiary/aromatic N) is 2. The molecule has 1 aromatic heterocycles. The van der Waals surface area contributed by atoms with Crippen molar-refractivity contribution in [1.29, 1.82) is 0 Å². The van der Waals surface area contributed by atoms with E-state index < -0.39 is 0 Å². The minimum atomic E-state index is 0.0644. The lowest BCUT2D eigenvalue weighted by Crippen LogP contribution is -2.08. The van der Waals surface area contributed by atoms with Crippen LogP contribution in [-0.4, -0.2) is 24.9 Å². The Morgan fingerprint density at radius 3 is 2.41 bits per heavy atom. The van der Waals surface area contributed by atoms with Crippen LogP contribution in [0.2, 0.25) is 5.02 Å². The molecule has 0 unspecified atom stereocenters. The number of aromatic nitrogens is 1. The molecule has 0 bridgehead atoms. The van der Waals surface area contributed by atoms with E-state index in [2.05, 4.69) is 4.98 Å². The Morgan fingerprint density at radius 2 is 1.82 bits per heavy atom. The second-order valence-electron chi connectivity index (χ2n) is 5.29. The highest BCUT2D eigenvalue weighted by atomic mass is 35.5. The molecule has 112 valence electrons. The van der Waals surface area contributed by atoms with Gasteiger partial charge in [0.15, 0.2) is 5.78 Å². The van der Waals surface area contributed by atoms with Gasteiger partial charge in [0.1, 0.15) is 5.01 Å². The zero-order valence-corrected chi connectivity index (χ0v) is 14.1. The van der Waals surface area contributed by atoms with Crippen molar-refractivity contribution < 1.29 is 4.79 Å². The van der Waals surface area contributed by atoms with Crippen LogP contribution in [0.1, 0.15) is 17.3 Å². The minimum absolute atomic E-state index is 0.0644. The molecule has 0 saturated carbocycles. The third-order valence-corrected chi connectivity index (χ3v) is 5.13. The van der Waals surface area contributed by atoms with Crippen LogP contribution in [0.15, 0.2) is 36.4 Å². The van der Waals surface area contributed by atoms with E-state index in [0.29, 0.717) is 5.56 Å². The predicted octanol–water partition coefficient (Wildman–Crippen LogP) is 4.89. The van der Waals surface area contributed by atoms with Crippen molar-refractivity contribution >= 4 is 44.6 Å². The number of benzene rings is 2. The third-order valence-electron chi connectivity index (χ3n) is 3.50. The van der Waals surface area contributed by atoms with Crippen molar-refractivity contribution in [3.63, 3.8) is 0 Å². The molecule has 0 radical (unpaired) electrons. The summed E-state index contributed by atoms with van der Waals surface area (Å²) in [7, 11) is 3.94. The number of hydrogen-bond donors (Lipinski definition) is 0. The first kappa shape index (κ1) is 15.0. The molecule has 2 aromatic carbocycles. The Hall–Kier alpha value is -1.91. The maximum atomic E-state index is 11.3. The van der Waals surface area contributed by atoms with Gasteiger partial charge in [0.2, 0.25) is 0 Å². The summed E-state index contributed by atoms with van der Waals surface area (Å²) in [5.74, 6) is 0.0644. The van der Waals surface area contributed by atoms with Gasteiger partial charge in [-0.2, -0.15) is 0 Å². The minimum Gasteiger partial charge on any atom is -0.376 e. The summed E-state index contributed by atoms with van der Waals surface area (Å²) in [5.41, 5.74) is 3.58. The lowest BCUT2D eigenvalue weighted by atomic mass is 10.1. The average Bonchev–Trinajstić information content (AvgIpc) is 2.92. The number of carbonyl (C=O) groups excluding carboxylic acids is 1. The Balaban J connectivity index is 2.08. The Labute approximate surface area is 138 Å². The SMILES string of the molecule is CC(=O)c1ccc(-c2nc3ccc(N(C)C)c(Cl)c3s2)cc1. The van der Waals surface area contributed by atoms with E-state index in [1.54, 1.807) is 18.3 Å². The number of Topliss-reactive ketones (excluding diaryl/α,β-unsaturated/α-hetero) is 1. The molecular formula is C17H15ClN2OS. The van der Waals surface area contributed by atoms with Crippen LogP contribution in [0.25, 0.3) is 20.8 Å². The molecule has 3 nitrogen and oxygen atoms in total. The lowest BCUT2D eigenvalue weighted by Gasteiger charge is -2.13. The maximum Gasteiger partial charge on any atom is 0.159 e. The van der Waals surface area contributed by atoms with Gasteiger partial charge in [0.25, 0.3) is 0 Å². The summed E-state index contributed by atoms with van der Waals surface area (Å²) in [6.07, 6.45) is 0. The Bertz CT molecular complexity index is 853. The number of fused-ring (bicyclic) bond motifs is 1. The molecule has 0 atom stereocenters. The molecule has 22 heavy (non-hydrogen) atoms. The monoisotopic (exact) mass is 330 g/mol. The number of thiazole rings is 1. The molecule has 0 aliphatic carbocycles. The molecule has 3 rings (SSSR count). The highest BCUT2D eigenvalue weighted by Crippen LogP contribution is 2.39. The molecule has 0 aliphatic rings. The van der Waals surface area contributed by atoms with Crippen molar-refractivity contribution in [1.82, 2.24) is 4.98 Å². The van der Waals surface area contributed by atoms with Gasteiger partial charge < -0.3 is 4.90 Å². The molecule has 5 heteroatoms. The number of anilines is 1. The fourth-order valence-corrected chi connectivity index (χ4v) is 3.71. The van der Waals surface area contributed by atoms with Gasteiger partial charge in [-0.15, -0.1) is 11.3 Å². The van der Waals surface area contributed by atoms with Crippen molar-refractivity contribution in [3.05, 3.63) is 47.0 Å². The van der Waals surface area contributed by atoms with Crippen LogP contribution in [0.4, 0.5) is 5.69 Å². The first-order valence-electron chi connectivity index (χ1n) is 6.85. The van der Waals surface area contributed by atoms with Gasteiger partial charge in [0.05, 0.1) is 20.9 Å².